The molecule has 4 saturated carbocycles. The molecule has 2 aromatic rings. The molecule has 4 amide bonds. The quantitative estimate of drug-likeness (QED) is 0.321. The normalized spacial score (nSPS) is 29.1. The second-order valence-corrected chi connectivity index (χ2v) is 16.4. The summed E-state index contributed by atoms with van der Waals surface area (Å²) in [6.07, 6.45) is 5.56. The molecule has 13 nitrogen and oxygen atoms in total. The molecule has 0 unspecified atom stereocenters. The fourth-order valence-corrected chi connectivity index (χ4v) is 9.09. The van der Waals surface area contributed by atoms with E-state index < -0.39 is 28.9 Å². The molecule has 50 heavy (non-hydrogen) atoms. The van der Waals surface area contributed by atoms with Crippen LogP contribution in [0.4, 0.5) is 0 Å². The predicted octanol–water partition coefficient (Wildman–Crippen LogP) is 1.86. The topological polar surface area (TPSA) is 152 Å². The molecular weight excluding hydrogens is 640 g/mol. The van der Waals surface area contributed by atoms with Crippen LogP contribution in [0.1, 0.15) is 62.4 Å². The molecule has 1 aromatic carbocycles. The van der Waals surface area contributed by atoms with Gasteiger partial charge in [-0.05, 0) is 49.0 Å². The van der Waals surface area contributed by atoms with E-state index in [1.807, 2.05) is 35.2 Å². The SMILES string of the molecule is CNC(=O)[C@@H](NC(=O)[C@@H]1CN(C(=O)c2cnn(Cc3ccccc3)c2)CC12CN(C(=O)[C@H]1CC1(C)C)C2)[C@@H](C)OCC12CC(C(=O)OC)(C1)C2. The van der Waals surface area contributed by atoms with Crippen LogP contribution in [0.15, 0.2) is 42.7 Å². The molecule has 268 valence electrons. The van der Waals surface area contributed by atoms with Crippen molar-refractivity contribution in [3.63, 3.8) is 0 Å². The van der Waals surface area contributed by atoms with Gasteiger partial charge in [0.25, 0.3) is 5.91 Å². The van der Waals surface area contributed by atoms with Crippen molar-refractivity contribution in [3.05, 3.63) is 53.9 Å². The highest BCUT2D eigenvalue weighted by Gasteiger charge is 2.72. The molecule has 13 heteroatoms. The second-order valence-electron chi connectivity index (χ2n) is 16.4. The number of methoxy groups -OCH3 is 1. The average molecular weight is 689 g/mol. The van der Waals surface area contributed by atoms with Gasteiger partial charge >= 0.3 is 5.97 Å². The molecule has 2 saturated heterocycles. The number of carbonyl (C=O) groups excluding carboxylic acids is 5. The first-order valence-electron chi connectivity index (χ1n) is 17.6. The third-order valence-corrected chi connectivity index (χ3v) is 12.2. The van der Waals surface area contributed by atoms with Crippen LogP contribution >= 0.6 is 0 Å². The number of nitrogens with one attached hydrogen (secondary N) is 2. The first-order valence-corrected chi connectivity index (χ1v) is 17.6. The minimum atomic E-state index is -0.975. The van der Waals surface area contributed by atoms with Gasteiger partial charge in [0.1, 0.15) is 6.04 Å². The Bertz CT molecular complexity index is 1680. The van der Waals surface area contributed by atoms with Crippen LogP contribution in [0.25, 0.3) is 0 Å². The third kappa shape index (κ3) is 5.86. The summed E-state index contributed by atoms with van der Waals surface area (Å²) in [5.74, 6) is -1.71. The summed E-state index contributed by atoms with van der Waals surface area (Å²) < 4.78 is 12.9. The number of likely N-dealkylation sites (N-methyl/N-ethyl adjacent to an activating group) is 1. The molecule has 2 aliphatic heterocycles. The lowest BCUT2D eigenvalue weighted by atomic mass is 9.35. The van der Waals surface area contributed by atoms with Gasteiger partial charge in [-0.1, -0.05) is 44.2 Å². The van der Waals surface area contributed by atoms with Crippen LogP contribution < -0.4 is 10.6 Å². The van der Waals surface area contributed by atoms with Crippen LogP contribution in [-0.4, -0.2) is 108 Å². The van der Waals surface area contributed by atoms with Gasteiger partial charge in [-0.15, -0.1) is 0 Å². The first-order chi connectivity index (χ1) is 23.7. The Morgan fingerprint density at radius 2 is 1.66 bits per heavy atom. The van der Waals surface area contributed by atoms with E-state index in [0.29, 0.717) is 57.6 Å². The molecule has 3 heterocycles. The molecule has 6 fully saturated rings. The number of aromatic nitrogens is 2. The van der Waals surface area contributed by atoms with Crippen LogP contribution in [0.2, 0.25) is 0 Å². The summed E-state index contributed by atoms with van der Waals surface area (Å²) in [5, 5.41) is 10.0. The number of hydrogen-bond donors (Lipinski definition) is 2. The Labute approximate surface area is 292 Å². The van der Waals surface area contributed by atoms with Crippen molar-refractivity contribution in [2.75, 3.05) is 46.9 Å². The maximum atomic E-state index is 14.2. The zero-order valence-corrected chi connectivity index (χ0v) is 29.6. The molecule has 6 aliphatic rings. The molecule has 2 bridgehead atoms. The van der Waals surface area contributed by atoms with Gasteiger partial charge in [-0.25, -0.2) is 0 Å². The monoisotopic (exact) mass is 688 g/mol. The molecule has 1 aromatic heterocycles. The second kappa shape index (κ2) is 12.2. The maximum Gasteiger partial charge on any atom is 0.311 e. The smallest absolute Gasteiger partial charge is 0.311 e. The summed E-state index contributed by atoms with van der Waals surface area (Å²) >= 11 is 0. The number of amides is 4. The lowest BCUT2D eigenvalue weighted by Gasteiger charge is -2.68. The number of ether oxygens (including phenoxy) is 2. The highest BCUT2D eigenvalue weighted by Crippen LogP contribution is 2.73. The number of hydrogen-bond acceptors (Lipinski definition) is 8. The number of nitrogens with zero attached hydrogens (tertiary/aromatic N) is 4. The van der Waals surface area contributed by atoms with Gasteiger partial charge in [-0.3, -0.25) is 28.7 Å². The van der Waals surface area contributed by atoms with E-state index >= 15 is 0 Å². The average Bonchev–Trinajstić information content (AvgIpc) is 3.35. The van der Waals surface area contributed by atoms with Crippen LogP contribution in [0.5, 0.6) is 0 Å². The number of benzene rings is 1. The highest BCUT2D eigenvalue weighted by molar-refractivity contribution is 5.96. The van der Waals surface area contributed by atoms with Gasteiger partial charge in [0.05, 0.1) is 49.5 Å². The Morgan fingerprint density at radius 3 is 2.28 bits per heavy atom. The largest absolute Gasteiger partial charge is 0.469 e. The van der Waals surface area contributed by atoms with Crippen molar-refractivity contribution in [1.82, 2.24) is 30.2 Å². The number of carbonyl (C=O) groups is 5. The third-order valence-electron chi connectivity index (χ3n) is 12.2. The molecular formula is C37H48N6O7. The Kier molecular flexibility index (Phi) is 8.35. The van der Waals surface area contributed by atoms with E-state index in [0.717, 1.165) is 12.0 Å². The van der Waals surface area contributed by atoms with Gasteiger partial charge in [0.2, 0.25) is 17.7 Å². The van der Waals surface area contributed by atoms with Crippen molar-refractivity contribution >= 4 is 29.6 Å². The number of esters is 1. The van der Waals surface area contributed by atoms with E-state index in [4.69, 9.17) is 9.47 Å². The van der Waals surface area contributed by atoms with Crippen molar-refractivity contribution in [1.29, 1.82) is 0 Å². The zero-order chi connectivity index (χ0) is 35.6. The standard InChI is InChI=1S/C37H48N6O7/c1-23(50-22-35-16-36(17-35,18-35)33(48)49-5)28(30(45)38-4)40-29(44)27-15-41(19-37(27)20-42(21-37)32(47)26-11-34(26,2)3)31(46)25-12-39-43(14-25)13-24-9-7-6-8-10-24/h6-10,12,14,23,26-28H,11,13,15-22H2,1-5H3,(H,38,45)(H,40,44)/t23-,26-,27+,28+,35?,36?/m1/s1. The summed E-state index contributed by atoms with van der Waals surface area (Å²) in [6, 6.07) is 8.87. The fraction of sp³-hybridized carbons (Fsp3) is 0.622. The Balaban J connectivity index is 1.04. The maximum absolute atomic E-state index is 14.2. The number of likely N-dealkylation sites (tertiary alicyclic amines) is 2. The number of rotatable bonds is 12. The van der Waals surface area contributed by atoms with Crippen molar-refractivity contribution < 1.29 is 33.4 Å². The van der Waals surface area contributed by atoms with Crippen LogP contribution in [-0.2, 0) is 35.2 Å². The lowest BCUT2D eigenvalue weighted by Crippen LogP contribution is -2.68. The van der Waals surface area contributed by atoms with E-state index in [-0.39, 0.29) is 52.9 Å². The molecule has 0 radical (unpaired) electrons. The zero-order valence-electron chi connectivity index (χ0n) is 29.6. The van der Waals surface area contributed by atoms with Crippen molar-refractivity contribution in [3.8, 4) is 0 Å². The lowest BCUT2D eigenvalue weighted by molar-refractivity contribution is -0.245. The van der Waals surface area contributed by atoms with Gasteiger partial charge < -0.3 is 29.9 Å². The fourth-order valence-electron chi connectivity index (χ4n) is 9.09. The van der Waals surface area contributed by atoms with E-state index in [1.54, 1.807) is 28.9 Å². The van der Waals surface area contributed by atoms with E-state index in [2.05, 4.69) is 29.6 Å². The van der Waals surface area contributed by atoms with Gasteiger partial charge in [0.15, 0.2) is 0 Å². The minimum Gasteiger partial charge on any atom is -0.469 e. The van der Waals surface area contributed by atoms with Crippen molar-refractivity contribution in [2.24, 2.45) is 33.5 Å². The summed E-state index contributed by atoms with van der Waals surface area (Å²) in [6.45, 7) is 8.03. The highest BCUT2D eigenvalue weighted by atomic mass is 16.5. The molecule has 1 spiro atoms. The van der Waals surface area contributed by atoms with Crippen molar-refractivity contribution in [2.45, 2.75) is 65.1 Å². The molecule has 8 rings (SSSR count). The summed E-state index contributed by atoms with van der Waals surface area (Å²) in [5.41, 5.74) is 0.316. The van der Waals surface area contributed by atoms with Gasteiger partial charge in [-0.2, -0.15) is 5.10 Å². The van der Waals surface area contributed by atoms with Crippen LogP contribution in [0, 0.1) is 33.5 Å². The summed E-state index contributed by atoms with van der Waals surface area (Å²) in [7, 11) is 2.92. The van der Waals surface area contributed by atoms with E-state index in [1.165, 1.54) is 14.2 Å². The predicted molar refractivity (Wildman–Crippen MR) is 180 cm³/mol. The minimum absolute atomic E-state index is 0.0234. The molecule has 4 aliphatic carbocycles. The van der Waals surface area contributed by atoms with E-state index in [9.17, 15) is 24.0 Å². The first kappa shape index (κ1) is 34.2. The Hall–Kier alpha value is -4.26. The molecule has 2 N–H and O–H groups in total. The van der Waals surface area contributed by atoms with Crippen LogP contribution in [0.3, 0.4) is 0 Å². The van der Waals surface area contributed by atoms with Gasteiger partial charge in [0, 0.05) is 50.8 Å². The molecule has 4 atom stereocenters. The summed E-state index contributed by atoms with van der Waals surface area (Å²) in [4.78, 5) is 70.1. The Morgan fingerprint density at radius 1 is 1.00 bits per heavy atom.